The molecule has 1 fully saturated rings. The molecule has 4 rings (SSSR count). The molecule has 0 saturated carbocycles. The normalized spacial score (nSPS) is 24.8. The van der Waals surface area contributed by atoms with E-state index in [9.17, 15) is 8.60 Å². The summed E-state index contributed by atoms with van der Waals surface area (Å²) in [6.45, 7) is 6.44. The third kappa shape index (κ3) is 4.19. The van der Waals surface area contributed by atoms with Gasteiger partial charge in [0.25, 0.3) is 0 Å². The second-order valence-electron chi connectivity index (χ2n) is 8.74. The fraction of sp³-hybridized carbons (Fsp3) is 0.455. The lowest BCUT2D eigenvalue weighted by Gasteiger charge is -2.38. The lowest BCUT2D eigenvalue weighted by Crippen LogP contribution is -2.55. The largest absolute Gasteiger partial charge is 0.480 e. The van der Waals surface area contributed by atoms with Crippen molar-refractivity contribution in [3.8, 4) is 5.75 Å². The third-order valence-corrected chi connectivity index (χ3v) is 8.57. The molecule has 2 aromatic rings. The Hall–Kier alpha value is -0.990. The summed E-state index contributed by atoms with van der Waals surface area (Å²) < 4.78 is 42.8. The highest BCUT2D eigenvalue weighted by Crippen LogP contribution is 2.50. The second kappa shape index (κ2) is 8.17. The van der Waals surface area contributed by atoms with Gasteiger partial charge in [-0.25, -0.2) is 13.3 Å². The topological polar surface area (TPSA) is 50.9 Å². The highest BCUT2D eigenvalue weighted by molar-refractivity contribution is 9.10. The Morgan fingerprint density at radius 2 is 2.03 bits per heavy atom. The van der Waals surface area contributed by atoms with Gasteiger partial charge in [0.05, 0.1) is 39.5 Å². The molecule has 1 saturated heterocycles. The zero-order valence-corrected chi connectivity index (χ0v) is 20.2. The monoisotopic (exact) mass is 515 g/mol. The van der Waals surface area contributed by atoms with E-state index in [1.165, 1.54) is 6.07 Å². The number of nitrogens with one attached hydrogen (secondary N) is 1. The fourth-order valence-electron chi connectivity index (χ4n) is 3.75. The quantitative estimate of drug-likeness (QED) is 0.420. The van der Waals surface area contributed by atoms with Gasteiger partial charge in [-0.3, -0.25) is 0 Å². The lowest BCUT2D eigenvalue weighted by molar-refractivity contribution is 0.0490. The van der Waals surface area contributed by atoms with E-state index in [2.05, 4.69) is 20.7 Å². The second-order valence-corrected chi connectivity index (χ2v) is 11.9. The van der Waals surface area contributed by atoms with E-state index >= 15 is 0 Å². The highest BCUT2D eigenvalue weighted by Gasteiger charge is 2.51. The molecule has 0 aromatic heterocycles. The predicted molar refractivity (Wildman–Crippen MR) is 121 cm³/mol. The molecule has 4 unspecified atom stereocenters. The molecule has 0 radical (unpaired) electrons. The first-order valence-electron chi connectivity index (χ1n) is 9.82. The molecule has 1 N–H and O–H groups in total. The molecule has 0 aliphatic carbocycles. The highest BCUT2D eigenvalue weighted by atomic mass is 79.9. The first-order valence-corrected chi connectivity index (χ1v) is 12.1. The molecule has 0 amide bonds. The fourth-order valence-corrected chi connectivity index (χ4v) is 5.34. The van der Waals surface area contributed by atoms with Crippen molar-refractivity contribution in [2.24, 2.45) is 0 Å². The number of hydrogen-bond acceptors (Lipinski definition) is 3. The zero-order valence-electron chi connectivity index (χ0n) is 17.0. The van der Waals surface area contributed by atoms with Crippen LogP contribution in [-0.4, -0.2) is 27.7 Å². The smallest absolute Gasteiger partial charge is 0.154 e. The van der Waals surface area contributed by atoms with Gasteiger partial charge in [-0.1, -0.05) is 41.9 Å². The Balaban J connectivity index is 1.81. The van der Waals surface area contributed by atoms with E-state index in [-0.39, 0.29) is 17.2 Å². The minimum atomic E-state index is -1.33. The van der Waals surface area contributed by atoms with Crippen LogP contribution in [0.4, 0.5) is 4.39 Å². The van der Waals surface area contributed by atoms with Crippen molar-refractivity contribution < 1.29 is 18.1 Å². The molecule has 2 heterocycles. The number of halogens is 3. The average Bonchev–Trinajstić information content (AvgIpc) is 3.43. The van der Waals surface area contributed by atoms with Crippen LogP contribution in [0.15, 0.2) is 40.9 Å². The number of rotatable bonds is 6. The summed E-state index contributed by atoms with van der Waals surface area (Å²) in [6, 6.07) is 10.8. The van der Waals surface area contributed by atoms with Gasteiger partial charge >= 0.3 is 0 Å². The summed E-state index contributed by atoms with van der Waals surface area (Å²) in [7, 11) is -1.33. The van der Waals surface area contributed by atoms with Gasteiger partial charge in [0.15, 0.2) is 5.60 Å². The van der Waals surface area contributed by atoms with E-state index in [1.54, 1.807) is 0 Å². The SMILES string of the molecule is CC(C)(C)S(=O)NC(CC1CO1)C1(c2ccccc2)Cc2c(cc(F)c(Cl)c2Br)O1. The maximum absolute atomic E-state index is 14.4. The Morgan fingerprint density at radius 3 is 2.63 bits per heavy atom. The molecule has 8 heteroatoms. The number of ether oxygens (including phenoxy) is 2. The Morgan fingerprint density at radius 1 is 1.37 bits per heavy atom. The predicted octanol–water partition coefficient (Wildman–Crippen LogP) is 5.28. The summed E-state index contributed by atoms with van der Waals surface area (Å²) in [6.07, 6.45) is 1.16. The van der Waals surface area contributed by atoms with Crippen LogP contribution < -0.4 is 9.46 Å². The van der Waals surface area contributed by atoms with Gasteiger partial charge in [-0.05, 0) is 48.7 Å². The molecule has 162 valence electrons. The molecular weight excluding hydrogens is 493 g/mol. The first kappa shape index (κ1) is 22.2. The van der Waals surface area contributed by atoms with Gasteiger partial charge in [-0.15, -0.1) is 0 Å². The minimum absolute atomic E-state index is 0.0366. The summed E-state index contributed by atoms with van der Waals surface area (Å²) in [5.74, 6) is -0.0999. The van der Waals surface area contributed by atoms with Crippen LogP contribution >= 0.6 is 27.5 Å². The Bertz CT molecular complexity index is 981. The van der Waals surface area contributed by atoms with Gasteiger partial charge in [0, 0.05) is 22.5 Å². The molecule has 4 atom stereocenters. The minimum Gasteiger partial charge on any atom is -0.480 e. The van der Waals surface area contributed by atoms with Gasteiger partial charge in [-0.2, -0.15) is 0 Å². The molecule has 4 nitrogen and oxygen atoms in total. The van der Waals surface area contributed by atoms with E-state index < -0.39 is 27.2 Å². The standard InChI is InChI=1S/C22H24BrClFNO3S/c1-21(2,3)30(27)26-18(9-14-12-28-14)22(13-7-5-4-6-8-13)11-15-17(29-22)10-16(25)20(24)19(15)23/h4-8,10,14,18,26H,9,11-12H2,1-3H3. The number of hydrogen-bond donors (Lipinski definition) is 1. The van der Waals surface area contributed by atoms with E-state index in [1.807, 2.05) is 51.1 Å². The molecular formula is C22H24BrClFNO3S. The van der Waals surface area contributed by atoms with Crippen LogP contribution in [0.3, 0.4) is 0 Å². The van der Waals surface area contributed by atoms with E-state index in [0.29, 0.717) is 29.7 Å². The van der Waals surface area contributed by atoms with Crippen LogP contribution in [0.1, 0.15) is 38.3 Å². The van der Waals surface area contributed by atoms with Crippen molar-refractivity contribution in [2.45, 2.75) is 56.1 Å². The third-order valence-electron chi connectivity index (χ3n) is 5.49. The molecule has 30 heavy (non-hydrogen) atoms. The maximum atomic E-state index is 14.4. The van der Waals surface area contributed by atoms with Gasteiger partial charge in [0.2, 0.25) is 0 Å². The zero-order chi connectivity index (χ0) is 21.7. The maximum Gasteiger partial charge on any atom is 0.154 e. The van der Waals surface area contributed by atoms with E-state index in [0.717, 1.165) is 11.1 Å². The summed E-state index contributed by atoms with van der Waals surface area (Å²) in [4.78, 5) is 0. The molecule has 0 spiro atoms. The van der Waals surface area contributed by atoms with Crippen LogP contribution in [0, 0.1) is 5.82 Å². The van der Waals surface area contributed by atoms with Gasteiger partial charge in [0.1, 0.15) is 11.6 Å². The number of epoxide rings is 1. The van der Waals surface area contributed by atoms with Crippen molar-refractivity contribution in [3.63, 3.8) is 0 Å². The average molecular weight is 517 g/mol. The first-order chi connectivity index (χ1) is 14.1. The molecule has 2 aromatic carbocycles. The van der Waals surface area contributed by atoms with Crippen molar-refractivity contribution in [2.75, 3.05) is 6.61 Å². The van der Waals surface area contributed by atoms with Crippen LogP contribution in [0.25, 0.3) is 0 Å². The summed E-state index contributed by atoms with van der Waals surface area (Å²) in [5, 5.41) is 0.0366. The number of benzene rings is 2. The van der Waals surface area contributed by atoms with Crippen LogP contribution in [-0.2, 0) is 27.7 Å². The van der Waals surface area contributed by atoms with Crippen molar-refractivity contribution in [1.82, 2.24) is 4.72 Å². The Kier molecular flexibility index (Phi) is 6.05. The molecule has 2 aliphatic rings. The summed E-state index contributed by atoms with van der Waals surface area (Å²) in [5.41, 5.74) is 0.847. The van der Waals surface area contributed by atoms with Crippen LogP contribution in [0.5, 0.6) is 5.75 Å². The van der Waals surface area contributed by atoms with Crippen molar-refractivity contribution in [3.05, 3.63) is 62.8 Å². The lowest BCUT2D eigenvalue weighted by atomic mass is 9.81. The molecule has 0 bridgehead atoms. The van der Waals surface area contributed by atoms with Crippen molar-refractivity contribution >= 4 is 38.5 Å². The van der Waals surface area contributed by atoms with E-state index in [4.69, 9.17) is 21.1 Å². The summed E-state index contributed by atoms with van der Waals surface area (Å²) >= 11 is 9.60. The number of fused-ring (bicyclic) bond motifs is 1. The van der Waals surface area contributed by atoms with Crippen LogP contribution in [0.2, 0.25) is 5.02 Å². The molecule has 2 aliphatic heterocycles. The van der Waals surface area contributed by atoms with Gasteiger partial charge < -0.3 is 9.47 Å². The Labute approximate surface area is 192 Å². The van der Waals surface area contributed by atoms with Crippen molar-refractivity contribution in [1.29, 1.82) is 0 Å².